The number of rotatable bonds is 6. The summed E-state index contributed by atoms with van der Waals surface area (Å²) in [4.78, 5) is 11.4. The lowest BCUT2D eigenvalue weighted by atomic mass is 10.3. The third-order valence-corrected chi connectivity index (χ3v) is 3.58. The molecule has 0 aliphatic heterocycles. The lowest BCUT2D eigenvalue weighted by Gasteiger charge is -2.20. The summed E-state index contributed by atoms with van der Waals surface area (Å²) in [6, 6.07) is 4.37. The van der Waals surface area contributed by atoms with E-state index in [2.05, 4.69) is 5.09 Å². The molecule has 0 radical (unpaired) electrons. The Kier molecular flexibility index (Phi) is 5.51. The molecule has 0 aliphatic carbocycles. The smallest absolute Gasteiger partial charge is 0.323 e. The van der Waals surface area contributed by atoms with E-state index in [1.807, 2.05) is 0 Å². The van der Waals surface area contributed by atoms with Gasteiger partial charge in [0.25, 0.3) is 0 Å². The fourth-order valence-electron chi connectivity index (χ4n) is 1.39. The quantitative estimate of drug-likeness (QED) is 0.644. The van der Waals surface area contributed by atoms with Crippen molar-refractivity contribution >= 4 is 13.5 Å². The van der Waals surface area contributed by atoms with Crippen LogP contribution in [0.5, 0.6) is 5.75 Å². The first kappa shape index (κ1) is 15.7. The van der Waals surface area contributed by atoms with Crippen molar-refractivity contribution in [3.05, 3.63) is 30.1 Å². The summed E-state index contributed by atoms with van der Waals surface area (Å²) in [5.41, 5.74) is 0. The van der Waals surface area contributed by atoms with Crippen molar-refractivity contribution in [2.24, 2.45) is 0 Å². The van der Waals surface area contributed by atoms with Crippen LogP contribution in [0.4, 0.5) is 4.39 Å². The van der Waals surface area contributed by atoms with Crippen LogP contribution >= 0.6 is 7.52 Å². The highest BCUT2D eigenvalue weighted by Crippen LogP contribution is 2.39. The number of halogens is 1. The fourth-order valence-corrected chi connectivity index (χ4v) is 2.78. The largest absolute Gasteiger partial charge is 0.465 e. The molecule has 1 aromatic carbocycles. The Morgan fingerprint density at radius 1 is 1.42 bits per heavy atom. The highest BCUT2D eigenvalue weighted by molar-refractivity contribution is 7.56. The van der Waals surface area contributed by atoms with E-state index in [0.717, 1.165) is 0 Å². The molecule has 0 saturated carbocycles. The molecule has 0 amide bonds. The first-order valence-corrected chi connectivity index (χ1v) is 7.88. The number of hydrogen-bond acceptors (Lipinski definition) is 4. The Morgan fingerprint density at radius 2 is 2.00 bits per heavy atom. The Labute approximate surface area is 111 Å². The van der Waals surface area contributed by atoms with Crippen LogP contribution in [-0.4, -0.2) is 25.3 Å². The SMILES string of the molecule is CCOC(=O)[C@H](C)N[P@](C)(=O)Oc1ccc(F)cc1. The second-order valence-electron chi connectivity index (χ2n) is 3.99. The van der Waals surface area contributed by atoms with Crippen LogP contribution in [0.15, 0.2) is 24.3 Å². The highest BCUT2D eigenvalue weighted by atomic mass is 31.2. The summed E-state index contributed by atoms with van der Waals surface area (Å²) >= 11 is 0. The Hall–Kier alpha value is -1.39. The Bertz CT molecular complexity index is 477. The Morgan fingerprint density at radius 3 is 2.53 bits per heavy atom. The molecule has 1 N–H and O–H groups in total. The van der Waals surface area contributed by atoms with Crippen LogP contribution in [-0.2, 0) is 14.1 Å². The zero-order valence-electron chi connectivity index (χ0n) is 11.1. The molecule has 5 nitrogen and oxygen atoms in total. The van der Waals surface area contributed by atoms with Crippen molar-refractivity contribution < 1.29 is 23.0 Å². The first-order valence-electron chi connectivity index (χ1n) is 5.81. The van der Waals surface area contributed by atoms with Gasteiger partial charge in [-0.15, -0.1) is 0 Å². The van der Waals surface area contributed by atoms with Gasteiger partial charge in [0.1, 0.15) is 17.6 Å². The maximum atomic E-state index is 12.7. The van der Waals surface area contributed by atoms with E-state index in [9.17, 15) is 13.8 Å². The van der Waals surface area contributed by atoms with Crippen LogP contribution in [0, 0.1) is 5.82 Å². The van der Waals surface area contributed by atoms with Gasteiger partial charge < -0.3 is 9.26 Å². The first-order chi connectivity index (χ1) is 8.84. The zero-order valence-corrected chi connectivity index (χ0v) is 11.9. The van der Waals surface area contributed by atoms with Gasteiger partial charge in [-0.2, -0.15) is 0 Å². The van der Waals surface area contributed by atoms with E-state index in [1.54, 1.807) is 6.92 Å². The number of nitrogens with one attached hydrogen (secondary N) is 1. The monoisotopic (exact) mass is 289 g/mol. The van der Waals surface area contributed by atoms with Gasteiger partial charge in [-0.1, -0.05) is 0 Å². The summed E-state index contributed by atoms with van der Waals surface area (Å²) in [6.45, 7) is 4.80. The fraction of sp³-hybridized carbons (Fsp3) is 0.417. The standard InChI is InChI=1S/C12H17FNO4P/c1-4-17-12(15)9(2)14-19(3,16)18-11-7-5-10(13)6-8-11/h5-9H,4H2,1-3H3,(H,14,16)/t9-,19+/m0/s1. The van der Waals surface area contributed by atoms with Gasteiger partial charge in [0, 0.05) is 6.66 Å². The van der Waals surface area contributed by atoms with Gasteiger partial charge in [0.05, 0.1) is 6.61 Å². The van der Waals surface area contributed by atoms with Crippen LogP contribution in [0.3, 0.4) is 0 Å². The van der Waals surface area contributed by atoms with Gasteiger partial charge in [-0.3, -0.25) is 9.36 Å². The van der Waals surface area contributed by atoms with Crippen LogP contribution in [0.25, 0.3) is 0 Å². The topological polar surface area (TPSA) is 64.6 Å². The van der Waals surface area contributed by atoms with Gasteiger partial charge in [0.2, 0.25) is 0 Å². The summed E-state index contributed by atoms with van der Waals surface area (Å²) in [5, 5.41) is 2.57. The van der Waals surface area contributed by atoms with E-state index in [1.165, 1.54) is 37.9 Å². The second kappa shape index (κ2) is 6.68. The van der Waals surface area contributed by atoms with Crippen molar-refractivity contribution in [1.29, 1.82) is 0 Å². The van der Waals surface area contributed by atoms with E-state index < -0.39 is 25.3 Å². The zero-order chi connectivity index (χ0) is 14.5. The number of esters is 1. The molecule has 19 heavy (non-hydrogen) atoms. The minimum Gasteiger partial charge on any atom is -0.465 e. The summed E-state index contributed by atoms with van der Waals surface area (Å²) in [7, 11) is -3.24. The van der Waals surface area contributed by atoms with Crippen molar-refractivity contribution in [3.63, 3.8) is 0 Å². The predicted molar refractivity (Wildman–Crippen MR) is 69.8 cm³/mol. The maximum absolute atomic E-state index is 12.7. The molecule has 0 unspecified atom stereocenters. The molecule has 0 spiro atoms. The number of carbonyl (C=O) groups excluding carboxylic acids is 1. The van der Waals surface area contributed by atoms with Gasteiger partial charge in [-0.05, 0) is 38.1 Å². The molecule has 0 heterocycles. The van der Waals surface area contributed by atoms with Gasteiger partial charge in [-0.25, -0.2) is 9.48 Å². The molecule has 1 rings (SSSR count). The molecule has 2 atom stereocenters. The molecule has 7 heteroatoms. The number of benzene rings is 1. The van der Waals surface area contributed by atoms with Gasteiger partial charge in [0.15, 0.2) is 0 Å². The molecule has 0 fully saturated rings. The molecule has 0 aliphatic rings. The van der Waals surface area contributed by atoms with Crippen molar-refractivity contribution in [3.8, 4) is 5.75 Å². The maximum Gasteiger partial charge on any atom is 0.323 e. The van der Waals surface area contributed by atoms with Crippen LogP contribution < -0.4 is 9.61 Å². The van der Waals surface area contributed by atoms with Crippen molar-refractivity contribution in [2.75, 3.05) is 13.3 Å². The minimum absolute atomic E-state index is 0.248. The van der Waals surface area contributed by atoms with Crippen molar-refractivity contribution in [2.45, 2.75) is 19.9 Å². The number of hydrogen-bond donors (Lipinski definition) is 1. The average molecular weight is 289 g/mol. The normalized spacial score (nSPS) is 15.4. The van der Waals surface area contributed by atoms with Crippen molar-refractivity contribution in [1.82, 2.24) is 5.09 Å². The summed E-state index contributed by atoms with van der Waals surface area (Å²) in [5.74, 6) is -0.658. The molecule has 106 valence electrons. The van der Waals surface area contributed by atoms with E-state index in [-0.39, 0.29) is 12.4 Å². The third kappa shape index (κ3) is 5.41. The molecule has 0 saturated heterocycles. The number of carbonyl (C=O) groups is 1. The average Bonchev–Trinajstić information content (AvgIpc) is 2.31. The highest BCUT2D eigenvalue weighted by Gasteiger charge is 2.25. The predicted octanol–water partition coefficient (Wildman–Crippen LogP) is 2.57. The molecular formula is C12H17FNO4P. The molecular weight excluding hydrogens is 272 g/mol. The van der Waals surface area contributed by atoms with E-state index >= 15 is 0 Å². The number of ether oxygens (including phenoxy) is 1. The summed E-state index contributed by atoms with van der Waals surface area (Å²) in [6.07, 6.45) is 0. The summed E-state index contributed by atoms with van der Waals surface area (Å²) < 4.78 is 34.9. The second-order valence-corrected chi connectivity index (χ2v) is 6.13. The van der Waals surface area contributed by atoms with Crippen LogP contribution in [0.1, 0.15) is 13.8 Å². The third-order valence-electron chi connectivity index (χ3n) is 2.16. The Balaban J connectivity index is 2.63. The van der Waals surface area contributed by atoms with E-state index in [0.29, 0.717) is 0 Å². The lowest BCUT2D eigenvalue weighted by Crippen LogP contribution is -2.34. The van der Waals surface area contributed by atoms with E-state index in [4.69, 9.17) is 9.26 Å². The molecule has 1 aromatic rings. The minimum atomic E-state index is -3.24. The molecule has 0 bridgehead atoms. The lowest BCUT2D eigenvalue weighted by molar-refractivity contribution is -0.144. The van der Waals surface area contributed by atoms with Crippen LogP contribution in [0.2, 0.25) is 0 Å². The molecule has 0 aromatic heterocycles. The van der Waals surface area contributed by atoms with Gasteiger partial charge >= 0.3 is 13.5 Å².